The topological polar surface area (TPSA) is 80.0 Å². The number of rotatable bonds is 2. The number of alkyl halides is 3. The summed E-state index contributed by atoms with van der Waals surface area (Å²) >= 11 is 5.76. The molecule has 10 heteroatoms. The Morgan fingerprint density at radius 2 is 2.00 bits per heavy atom. The Morgan fingerprint density at radius 3 is 2.57 bits per heavy atom. The molecule has 2 rings (SSSR count). The molecule has 1 heterocycles. The molecule has 0 fully saturated rings. The lowest BCUT2D eigenvalue weighted by Gasteiger charge is -2.11. The molecule has 0 aliphatic carbocycles. The van der Waals surface area contributed by atoms with Crippen LogP contribution in [0.1, 0.15) is 5.56 Å². The monoisotopic (exact) mass is 336 g/mol. The highest BCUT2D eigenvalue weighted by molar-refractivity contribution is 7.88. The number of aromatic nitrogens is 1. The van der Waals surface area contributed by atoms with Crippen molar-refractivity contribution in [3.63, 3.8) is 0 Å². The molecule has 0 atom stereocenters. The van der Waals surface area contributed by atoms with Gasteiger partial charge < -0.3 is 4.18 Å². The van der Waals surface area contributed by atoms with E-state index in [2.05, 4.69) is 9.17 Å². The van der Waals surface area contributed by atoms with Crippen LogP contribution in [0.4, 0.5) is 13.2 Å². The molecule has 0 unspecified atom stereocenters. The Labute approximate surface area is 121 Å². The van der Waals surface area contributed by atoms with Crippen LogP contribution in [0.2, 0.25) is 5.15 Å². The van der Waals surface area contributed by atoms with Crippen LogP contribution in [0.3, 0.4) is 0 Å². The maximum atomic E-state index is 12.3. The van der Waals surface area contributed by atoms with Gasteiger partial charge in [0.1, 0.15) is 11.2 Å². The van der Waals surface area contributed by atoms with Gasteiger partial charge >= 0.3 is 15.6 Å². The molecule has 5 nitrogen and oxygen atoms in total. The molecule has 0 saturated heterocycles. The first-order valence-corrected chi connectivity index (χ1v) is 6.93. The molecule has 2 aromatic rings. The highest BCUT2D eigenvalue weighted by atomic mass is 35.5. The SMILES string of the molecule is N#Cc1cc2ccnc(Cl)c2cc1OS(=O)(=O)C(F)(F)F. The highest BCUT2D eigenvalue weighted by Crippen LogP contribution is 2.33. The van der Waals surface area contributed by atoms with Gasteiger partial charge in [-0.2, -0.15) is 26.9 Å². The zero-order valence-corrected chi connectivity index (χ0v) is 11.4. The van der Waals surface area contributed by atoms with Crippen LogP contribution in [0, 0.1) is 11.3 Å². The minimum Gasteiger partial charge on any atom is -0.375 e. The minimum atomic E-state index is -5.88. The molecule has 0 bridgehead atoms. The summed E-state index contributed by atoms with van der Waals surface area (Å²) in [7, 11) is -5.88. The van der Waals surface area contributed by atoms with Gasteiger partial charge in [-0.25, -0.2) is 4.98 Å². The quantitative estimate of drug-likeness (QED) is 0.478. The second-order valence-electron chi connectivity index (χ2n) is 3.77. The summed E-state index contributed by atoms with van der Waals surface area (Å²) < 4.78 is 62.9. The van der Waals surface area contributed by atoms with Gasteiger partial charge in [0.15, 0.2) is 5.75 Å². The summed E-state index contributed by atoms with van der Waals surface area (Å²) in [6.07, 6.45) is 1.33. The number of benzene rings is 1. The van der Waals surface area contributed by atoms with Crippen molar-refractivity contribution in [1.29, 1.82) is 5.26 Å². The average molecular weight is 337 g/mol. The van der Waals surface area contributed by atoms with Crippen molar-refractivity contribution in [3.8, 4) is 11.8 Å². The third kappa shape index (κ3) is 2.86. The van der Waals surface area contributed by atoms with Crippen molar-refractivity contribution in [2.45, 2.75) is 5.51 Å². The summed E-state index contributed by atoms with van der Waals surface area (Å²) in [6, 6.07) is 5.10. The second kappa shape index (κ2) is 5.05. The smallest absolute Gasteiger partial charge is 0.375 e. The van der Waals surface area contributed by atoms with E-state index in [1.807, 2.05) is 0 Å². The number of pyridine rings is 1. The molecule has 110 valence electrons. The molecule has 1 aromatic heterocycles. The minimum absolute atomic E-state index is 0.0637. The van der Waals surface area contributed by atoms with E-state index in [1.54, 1.807) is 6.07 Å². The Balaban J connectivity index is 2.64. The van der Waals surface area contributed by atoms with Crippen LogP contribution < -0.4 is 4.18 Å². The summed E-state index contributed by atoms with van der Waals surface area (Å²) in [6.45, 7) is 0. The number of halogens is 4. The van der Waals surface area contributed by atoms with E-state index < -0.39 is 21.4 Å². The molecular weight excluding hydrogens is 333 g/mol. The van der Waals surface area contributed by atoms with Gasteiger partial charge in [-0.3, -0.25) is 0 Å². The molecule has 1 aromatic carbocycles. The summed E-state index contributed by atoms with van der Waals surface area (Å²) in [4.78, 5) is 3.70. The first-order chi connectivity index (χ1) is 9.65. The van der Waals surface area contributed by atoms with Crippen LogP contribution in [-0.4, -0.2) is 18.9 Å². The normalized spacial score (nSPS) is 12.1. The van der Waals surface area contributed by atoms with Gasteiger partial charge in [-0.05, 0) is 23.6 Å². The van der Waals surface area contributed by atoms with E-state index in [0.717, 1.165) is 12.1 Å². The zero-order valence-electron chi connectivity index (χ0n) is 9.85. The Bertz CT molecular complexity index is 859. The van der Waals surface area contributed by atoms with Gasteiger partial charge in [0.2, 0.25) is 0 Å². The van der Waals surface area contributed by atoms with Crippen molar-refractivity contribution in [2.75, 3.05) is 0 Å². The maximum absolute atomic E-state index is 12.3. The Morgan fingerprint density at radius 1 is 1.33 bits per heavy atom. The fourth-order valence-corrected chi connectivity index (χ4v) is 2.18. The van der Waals surface area contributed by atoms with Crippen LogP contribution >= 0.6 is 11.6 Å². The Hall–Kier alpha value is -2.05. The maximum Gasteiger partial charge on any atom is 0.534 e. The summed E-state index contributed by atoms with van der Waals surface area (Å²) in [5, 5.41) is 9.39. The third-order valence-electron chi connectivity index (χ3n) is 2.42. The van der Waals surface area contributed by atoms with Gasteiger partial charge in [0, 0.05) is 11.6 Å². The van der Waals surface area contributed by atoms with Crippen molar-refractivity contribution < 1.29 is 25.8 Å². The third-order valence-corrected chi connectivity index (χ3v) is 3.69. The molecule has 0 amide bonds. The molecule has 0 aliphatic rings. The molecule has 0 spiro atoms. The molecule has 0 N–H and O–H groups in total. The van der Waals surface area contributed by atoms with Crippen LogP contribution in [0.25, 0.3) is 10.8 Å². The molecule has 21 heavy (non-hydrogen) atoms. The molecule has 0 radical (unpaired) electrons. The number of fused-ring (bicyclic) bond motifs is 1. The molecule has 0 aliphatic heterocycles. The van der Waals surface area contributed by atoms with Gasteiger partial charge in [0.25, 0.3) is 0 Å². The van der Waals surface area contributed by atoms with Crippen molar-refractivity contribution in [1.82, 2.24) is 4.98 Å². The van der Waals surface area contributed by atoms with Gasteiger partial charge in [0.05, 0.1) is 5.56 Å². The first-order valence-electron chi connectivity index (χ1n) is 5.15. The van der Waals surface area contributed by atoms with Crippen LogP contribution in [0.15, 0.2) is 24.4 Å². The van der Waals surface area contributed by atoms with E-state index in [-0.39, 0.29) is 16.1 Å². The summed E-state index contributed by atoms with van der Waals surface area (Å²) in [5.74, 6) is -0.766. The predicted octanol–water partition coefficient (Wildman–Crippen LogP) is 2.99. The largest absolute Gasteiger partial charge is 0.534 e. The number of nitrogens with zero attached hydrogens (tertiary/aromatic N) is 2. The first kappa shape index (κ1) is 15.3. The zero-order chi connectivity index (χ0) is 15.8. The van der Waals surface area contributed by atoms with Gasteiger partial charge in [-0.15, -0.1) is 0 Å². The van der Waals surface area contributed by atoms with Crippen LogP contribution in [0.5, 0.6) is 5.75 Å². The lowest BCUT2D eigenvalue weighted by atomic mass is 10.1. The van der Waals surface area contributed by atoms with E-state index in [9.17, 15) is 21.6 Å². The predicted molar refractivity (Wildman–Crippen MR) is 67.1 cm³/mol. The van der Waals surface area contributed by atoms with Crippen LogP contribution in [-0.2, 0) is 10.1 Å². The van der Waals surface area contributed by atoms with Crippen molar-refractivity contribution >= 4 is 32.5 Å². The van der Waals surface area contributed by atoms with Gasteiger partial charge in [-0.1, -0.05) is 11.6 Å². The summed E-state index contributed by atoms with van der Waals surface area (Å²) in [5.41, 5.74) is -5.98. The van der Waals surface area contributed by atoms with E-state index in [1.165, 1.54) is 12.3 Å². The molecule has 0 saturated carbocycles. The standard InChI is InChI=1S/C11H4ClF3N2O3S/c12-10-8-4-9(20-21(18,19)11(13,14)15)7(5-16)3-6(8)1-2-17-10/h1-4H. The fraction of sp³-hybridized carbons (Fsp3) is 0.0909. The average Bonchev–Trinajstić information content (AvgIpc) is 2.37. The van der Waals surface area contributed by atoms with E-state index in [4.69, 9.17) is 16.9 Å². The number of hydrogen-bond donors (Lipinski definition) is 0. The fourth-order valence-electron chi connectivity index (χ4n) is 1.49. The number of hydrogen-bond acceptors (Lipinski definition) is 5. The lowest BCUT2D eigenvalue weighted by Crippen LogP contribution is -2.28. The molecular formula is C11H4ClF3N2O3S. The highest BCUT2D eigenvalue weighted by Gasteiger charge is 2.48. The lowest BCUT2D eigenvalue weighted by molar-refractivity contribution is -0.0500. The van der Waals surface area contributed by atoms with E-state index >= 15 is 0 Å². The van der Waals surface area contributed by atoms with Crippen molar-refractivity contribution in [2.24, 2.45) is 0 Å². The second-order valence-corrected chi connectivity index (χ2v) is 5.66. The number of nitriles is 1. The van der Waals surface area contributed by atoms with Crippen molar-refractivity contribution in [3.05, 3.63) is 35.1 Å². The van der Waals surface area contributed by atoms with E-state index in [0.29, 0.717) is 5.39 Å². The Kier molecular flexibility index (Phi) is 3.69.